The van der Waals surface area contributed by atoms with Crippen LogP contribution in [-0.4, -0.2) is 22.2 Å². The summed E-state index contributed by atoms with van der Waals surface area (Å²) in [6, 6.07) is 6.22. The minimum absolute atomic E-state index is 0.0231. The molecule has 16 heavy (non-hydrogen) atoms. The Balaban J connectivity index is 0.000000160. The van der Waals surface area contributed by atoms with Crippen LogP contribution in [0.25, 0.3) is 0 Å². The van der Waals surface area contributed by atoms with Crippen molar-refractivity contribution in [3.8, 4) is 0 Å². The van der Waals surface area contributed by atoms with Gasteiger partial charge in [0.25, 0.3) is 0 Å². The number of thiophene rings is 1. The van der Waals surface area contributed by atoms with Crippen molar-refractivity contribution in [1.82, 2.24) is 0 Å². The zero-order chi connectivity index (χ0) is 12.0. The van der Waals surface area contributed by atoms with Crippen LogP contribution >= 0.6 is 11.3 Å². The van der Waals surface area contributed by atoms with Gasteiger partial charge in [0.05, 0.1) is 6.26 Å². The fourth-order valence-corrected chi connectivity index (χ4v) is 1.36. The summed E-state index contributed by atoms with van der Waals surface area (Å²) in [5.41, 5.74) is 0. The van der Waals surface area contributed by atoms with E-state index < -0.39 is 11.9 Å². The Morgan fingerprint density at radius 2 is 1.88 bits per heavy atom. The lowest BCUT2D eigenvalue weighted by Gasteiger charge is -1.79. The topological polar surface area (TPSA) is 87.7 Å². The van der Waals surface area contributed by atoms with Crippen molar-refractivity contribution >= 4 is 23.3 Å². The highest BCUT2D eigenvalue weighted by atomic mass is 32.1. The monoisotopic (exact) mass is 240 g/mol. The Hall–Kier alpha value is -2.08. The van der Waals surface area contributed by atoms with Gasteiger partial charge in [0.2, 0.25) is 5.76 Å². The van der Waals surface area contributed by atoms with Crippen LogP contribution in [0.5, 0.6) is 0 Å². The summed E-state index contributed by atoms with van der Waals surface area (Å²) >= 11 is 1.23. The van der Waals surface area contributed by atoms with E-state index in [1.807, 2.05) is 0 Å². The van der Waals surface area contributed by atoms with Gasteiger partial charge in [-0.15, -0.1) is 11.3 Å². The molecule has 0 aliphatic rings. The van der Waals surface area contributed by atoms with E-state index in [-0.39, 0.29) is 5.76 Å². The number of hydrogen-bond donors (Lipinski definition) is 2. The van der Waals surface area contributed by atoms with E-state index in [9.17, 15) is 9.59 Å². The second-order valence-corrected chi connectivity index (χ2v) is 3.51. The van der Waals surface area contributed by atoms with Crippen LogP contribution in [0.2, 0.25) is 0 Å². The van der Waals surface area contributed by atoms with Crippen LogP contribution in [0.3, 0.4) is 0 Å². The van der Waals surface area contributed by atoms with Crippen molar-refractivity contribution in [1.29, 1.82) is 0 Å². The van der Waals surface area contributed by atoms with Gasteiger partial charge in [-0.05, 0) is 23.6 Å². The van der Waals surface area contributed by atoms with Gasteiger partial charge in [-0.3, -0.25) is 0 Å². The standard InChI is InChI=1S/C5H4O3.C5H4O2S/c2*6-5(7)4-2-1-3-8-4/h2*1-3H,(H,6,7). The van der Waals surface area contributed by atoms with Crippen molar-refractivity contribution in [2.24, 2.45) is 0 Å². The van der Waals surface area contributed by atoms with Crippen LogP contribution in [-0.2, 0) is 0 Å². The molecule has 2 aromatic rings. The summed E-state index contributed by atoms with van der Waals surface area (Å²) in [6.07, 6.45) is 1.32. The van der Waals surface area contributed by atoms with Gasteiger partial charge in [-0.25, -0.2) is 9.59 Å². The molecule has 0 fully saturated rings. The molecule has 0 aliphatic carbocycles. The first kappa shape index (κ1) is 12.0. The van der Waals surface area contributed by atoms with Crippen LogP contribution in [0.1, 0.15) is 20.2 Å². The molecule has 84 valence electrons. The molecule has 0 saturated carbocycles. The van der Waals surface area contributed by atoms with Crippen molar-refractivity contribution in [2.75, 3.05) is 0 Å². The van der Waals surface area contributed by atoms with E-state index in [0.29, 0.717) is 4.88 Å². The summed E-state index contributed by atoms with van der Waals surface area (Å²) in [6.45, 7) is 0. The largest absolute Gasteiger partial charge is 0.477 e. The fraction of sp³-hybridized carbons (Fsp3) is 0. The summed E-state index contributed by atoms with van der Waals surface area (Å²) in [4.78, 5) is 20.4. The molecule has 0 saturated heterocycles. The first-order valence-corrected chi connectivity index (χ1v) is 5.03. The number of aromatic carboxylic acids is 2. The Morgan fingerprint density at radius 3 is 2.12 bits per heavy atom. The molecule has 2 heterocycles. The minimum Gasteiger partial charge on any atom is -0.477 e. The highest BCUT2D eigenvalue weighted by Crippen LogP contribution is 2.06. The quantitative estimate of drug-likeness (QED) is 0.841. The third-order valence-corrected chi connectivity index (χ3v) is 2.32. The van der Waals surface area contributed by atoms with Crippen LogP contribution < -0.4 is 0 Å². The van der Waals surface area contributed by atoms with Crippen molar-refractivity contribution in [3.05, 3.63) is 46.5 Å². The Labute approximate surface area is 94.6 Å². The second-order valence-electron chi connectivity index (χ2n) is 2.56. The van der Waals surface area contributed by atoms with Crippen LogP contribution in [0.4, 0.5) is 0 Å². The lowest BCUT2D eigenvalue weighted by atomic mass is 10.5. The molecule has 2 N–H and O–H groups in total. The van der Waals surface area contributed by atoms with Crippen LogP contribution in [0.15, 0.2) is 40.3 Å². The van der Waals surface area contributed by atoms with Gasteiger partial charge in [0.15, 0.2) is 0 Å². The van der Waals surface area contributed by atoms with Crippen LogP contribution in [0, 0.1) is 0 Å². The maximum atomic E-state index is 10.1. The average molecular weight is 240 g/mol. The number of hydrogen-bond acceptors (Lipinski definition) is 4. The summed E-state index contributed by atoms with van der Waals surface area (Å²) in [5.74, 6) is -1.90. The van der Waals surface area contributed by atoms with E-state index in [4.69, 9.17) is 10.2 Å². The molecule has 0 radical (unpaired) electrons. The number of carboxylic acid groups (broad SMARTS) is 2. The first-order chi connectivity index (χ1) is 7.61. The SMILES string of the molecule is O=C(O)c1ccco1.O=C(O)c1cccs1. The van der Waals surface area contributed by atoms with E-state index in [0.717, 1.165) is 0 Å². The molecule has 6 heteroatoms. The molecule has 0 spiro atoms. The van der Waals surface area contributed by atoms with Gasteiger partial charge < -0.3 is 14.6 Å². The molecular weight excluding hydrogens is 232 g/mol. The molecule has 0 atom stereocenters. The maximum absolute atomic E-state index is 10.1. The number of carboxylic acids is 2. The Bertz CT molecular complexity index is 399. The molecule has 0 amide bonds. The molecule has 0 unspecified atom stereocenters. The van der Waals surface area contributed by atoms with E-state index in [1.54, 1.807) is 17.5 Å². The van der Waals surface area contributed by atoms with Crippen molar-refractivity contribution in [2.45, 2.75) is 0 Å². The molecule has 2 rings (SSSR count). The zero-order valence-electron chi connectivity index (χ0n) is 7.99. The Morgan fingerprint density at radius 1 is 1.12 bits per heavy atom. The molecule has 5 nitrogen and oxygen atoms in total. The van der Waals surface area contributed by atoms with Gasteiger partial charge in [0, 0.05) is 0 Å². The molecule has 0 aliphatic heterocycles. The van der Waals surface area contributed by atoms with Crippen molar-refractivity contribution in [3.63, 3.8) is 0 Å². The van der Waals surface area contributed by atoms with Gasteiger partial charge in [0.1, 0.15) is 4.88 Å². The fourth-order valence-electron chi connectivity index (χ4n) is 0.800. The zero-order valence-corrected chi connectivity index (χ0v) is 8.81. The number of carbonyl (C=O) groups is 2. The average Bonchev–Trinajstić information content (AvgIpc) is 2.93. The highest BCUT2D eigenvalue weighted by molar-refractivity contribution is 7.11. The number of rotatable bonds is 2. The Kier molecular flexibility index (Phi) is 4.28. The summed E-state index contributed by atoms with van der Waals surface area (Å²) < 4.78 is 4.50. The third-order valence-electron chi connectivity index (χ3n) is 1.46. The van der Waals surface area contributed by atoms with E-state index in [2.05, 4.69) is 4.42 Å². The third kappa shape index (κ3) is 3.58. The lowest BCUT2D eigenvalue weighted by Crippen LogP contribution is -1.90. The molecule has 0 bridgehead atoms. The highest BCUT2D eigenvalue weighted by Gasteiger charge is 2.01. The van der Waals surface area contributed by atoms with Gasteiger partial charge in [-0.2, -0.15) is 0 Å². The van der Waals surface area contributed by atoms with E-state index in [1.165, 1.54) is 29.7 Å². The predicted molar refractivity (Wildman–Crippen MR) is 56.9 cm³/mol. The smallest absolute Gasteiger partial charge is 0.371 e. The van der Waals surface area contributed by atoms with Crippen molar-refractivity contribution < 1.29 is 24.2 Å². The van der Waals surface area contributed by atoms with Gasteiger partial charge in [-0.1, -0.05) is 6.07 Å². The predicted octanol–water partition coefficient (Wildman–Crippen LogP) is 2.42. The van der Waals surface area contributed by atoms with Gasteiger partial charge >= 0.3 is 11.9 Å². The summed E-state index contributed by atoms with van der Waals surface area (Å²) in [5, 5.41) is 18.2. The minimum atomic E-state index is -1.03. The maximum Gasteiger partial charge on any atom is 0.371 e. The summed E-state index contributed by atoms with van der Waals surface area (Å²) in [7, 11) is 0. The normalized spacial score (nSPS) is 9.00. The number of furan rings is 1. The second kappa shape index (κ2) is 5.72. The first-order valence-electron chi connectivity index (χ1n) is 4.15. The lowest BCUT2D eigenvalue weighted by molar-refractivity contribution is 0.0660. The molecule has 2 aromatic heterocycles. The molecule has 0 aromatic carbocycles. The molecular formula is C10H8O5S. The van der Waals surface area contributed by atoms with E-state index >= 15 is 0 Å².